The van der Waals surface area contributed by atoms with Crippen molar-refractivity contribution in [2.45, 2.75) is 71.2 Å². The number of aromatic nitrogens is 2. The molecule has 6 nitrogen and oxygen atoms in total. The Kier molecular flexibility index (Phi) is 6.05. The minimum atomic E-state index is -0.485. The Morgan fingerprint density at radius 2 is 2.11 bits per heavy atom. The number of unbranched alkanes of at least 4 members (excludes halogenated alkanes) is 1. The summed E-state index contributed by atoms with van der Waals surface area (Å²) in [4.78, 5) is 19.1. The highest BCUT2D eigenvalue weighted by Crippen LogP contribution is 2.31. The maximum absolute atomic E-state index is 12.7. The smallest absolute Gasteiger partial charge is 0.410 e. The van der Waals surface area contributed by atoms with Gasteiger partial charge in [0.1, 0.15) is 11.2 Å². The molecule has 0 saturated heterocycles. The maximum Gasteiger partial charge on any atom is 0.410 e. The first-order valence-electron chi connectivity index (χ1n) is 9.80. The number of rotatable bonds is 8. The Morgan fingerprint density at radius 1 is 1.33 bits per heavy atom. The van der Waals surface area contributed by atoms with E-state index in [1.165, 1.54) is 0 Å². The third-order valence-electron chi connectivity index (χ3n) is 4.67. The van der Waals surface area contributed by atoms with Crippen molar-refractivity contribution in [3.63, 3.8) is 0 Å². The van der Waals surface area contributed by atoms with E-state index in [1.807, 2.05) is 37.9 Å². The normalized spacial score (nSPS) is 14.5. The lowest BCUT2D eigenvalue weighted by molar-refractivity contribution is 0.0217. The third kappa shape index (κ3) is 5.22. The van der Waals surface area contributed by atoms with E-state index < -0.39 is 5.60 Å². The topological polar surface area (TPSA) is 56.6 Å². The third-order valence-corrected chi connectivity index (χ3v) is 4.67. The minimum absolute atomic E-state index is 0.227. The summed E-state index contributed by atoms with van der Waals surface area (Å²) >= 11 is 0. The largest absolute Gasteiger partial charge is 0.444 e. The van der Waals surface area contributed by atoms with Crippen LogP contribution >= 0.6 is 0 Å². The number of nitrogens with zero attached hydrogens (tertiary/aromatic N) is 3. The summed E-state index contributed by atoms with van der Waals surface area (Å²) in [6.45, 7) is 7.95. The Morgan fingerprint density at radius 3 is 2.78 bits per heavy atom. The Balaban J connectivity index is 1.79. The van der Waals surface area contributed by atoms with E-state index in [1.54, 1.807) is 7.11 Å². The average molecular weight is 373 g/mol. The van der Waals surface area contributed by atoms with Crippen molar-refractivity contribution in [2.24, 2.45) is 0 Å². The summed E-state index contributed by atoms with van der Waals surface area (Å²) in [6.07, 6.45) is 7.89. The first-order chi connectivity index (χ1) is 12.9. The number of aryl methyl sites for hydroxylation is 1. The van der Waals surface area contributed by atoms with Crippen LogP contribution in [0.1, 0.15) is 52.0 Å². The molecule has 148 valence electrons. The Hall–Kier alpha value is -2.08. The fourth-order valence-corrected chi connectivity index (χ4v) is 3.25. The van der Waals surface area contributed by atoms with Gasteiger partial charge in [0.2, 0.25) is 0 Å². The van der Waals surface area contributed by atoms with Gasteiger partial charge in [-0.2, -0.15) is 0 Å². The molecule has 2 heterocycles. The predicted octanol–water partition coefficient (Wildman–Crippen LogP) is 4.36. The molecule has 1 saturated carbocycles. The van der Waals surface area contributed by atoms with Crippen molar-refractivity contribution in [3.05, 3.63) is 30.1 Å². The lowest BCUT2D eigenvalue weighted by Gasteiger charge is -2.27. The number of hydrogen-bond acceptors (Lipinski definition) is 4. The highest BCUT2D eigenvalue weighted by molar-refractivity contribution is 5.81. The molecule has 0 unspecified atom stereocenters. The van der Waals surface area contributed by atoms with Crippen LogP contribution < -0.4 is 0 Å². The number of carbonyl (C=O) groups excluding carboxylic acids is 1. The quantitative estimate of drug-likeness (QED) is 0.645. The second-order valence-corrected chi connectivity index (χ2v) is 8.26. The summed E-state index contributed by atoms with van der Waals surface area (Å²) in [5.74, 6) is 0. The second kappa shape index (κ2) is 8.30. The van der Waals surface area contributed by atoms with E-state index in [0.29, 0.717) is 6.54 Å². The first-order valence-corrected chi connectivity index (χ1v) is 9.80. The predicted molar refractivity (Wildman–Crippen MR) is 106 cm³/mol. The van der Waals surface area contributed by atoms with E-state index in [9.17, 15) is 4.79 Å². The fourth-order valence-electron chi connectivity index (χ4n) is 3.25. The fraction of sp³-hybridized carbons (Fsp3) is 0.619. The van der Waals surface area contributed by atoms with E-state index in [2.05, 4.69) is 21.8 Å². The van der Waals surface area contributed by atoms with Crippen LogP contribution in [-0.4, -0.2) is 45.9 Å². The zero-order chi connectivity index (χ0) is 19.4. The van der Waals surface area contributed by atoms with Crippen LogP contribution in [0, 0.1) is 0 Å². The van der Waals surface area contributed by atoms with Gasteiger partial charge in [-0.3, -0.25) is 0 Å². The standard InChI is InChI=1S/C21H31N3O3/c1-21(2,3)27-20(25)24(17-9-10-17)15-16-14-23(12-5-6-13-26-4)19-18(16)8-7-11-22-19/h7-8,11,14,17H,5-6,9-10,12-13,15H2,1-4H3. The summed E-state index contributed by atoms with van der Waals surface area (Å²) in [5, 5.41) is 1.11. The van der Waals surface area contributed by atoms with Crippen LogP contribution in [0.5, 0.6) is 0 Å². The van der Waals surface area contributed by atoms with Gasteiger partial charge in [-0.1, -0.05) is 0 Å². The second-order valence-electron chi connectivity index (χ2n) is 8.26. The van der Waals surface area contributed by atoms with Crippen molar-refractivity contribution in [2.75, 3.05) is 13.7 Å². The number of ether oxygens (including phenoxy) is 2. The Labute approximate surface area is 161 Å². The zero-order valence-electron chi connectivity index (χ0n) is 16.9. The number of pyridine rings is 1. The molecule has 0 aliphatic heterocycles. The van der Waals surface area contributed by atoms with Gasteiger partial charge in [-0.15, -0.1) is 0 Å². The lowest BCUT2D eigenvalue weighted by Crippen LogP contribution is -2.37. The van der Waals surface area contributed by atoms with Crippen molar-refractivity contribution in [3.8, 4) is 0 Å². The molecule has 3 rings (SSSR count). The molecule has 27 heavy (non-hydrogen) atoms. The van der Waals surface area contributed by atoms with Crippen molar-refractivity contribution >= 4 is 17.1 Å². The van der Waals surface area contributed by atoms with Crippen LogP contribution in [-0.2, 0) is 22.6 Å². The molecular weight excluding hydrogens is 342 g/mol. The van der Waals surface area contributed by atoms with Gasteiger partial charge in [-0.25, -0.2) is 9.78 Å². The molecule has 2 aromatic heterocycles. The van der Waals surface area contributed by atoms with E-state index >= 15 is 0 Å². The van der Waals surface area contributed by atoms with Gasteiger partial charge >= 0.3 is 6.09 Å². The lowest BCUT2D eigenvalue weighted by atomic mass is 10.2. The number of hydrogen-bond donors (Lipinski definition) is 0. The SMILES string of the molecule is COCCCCn1cc(CN(C(=O)OC(C)(C)C)C2CC2)c2cccnc21. The van der Waals surface area contributed by atoms with Gasteiger partial charge in [0.15, 0.2) is 0 Å². The van der Waals surface area contributed by atoms with Gasteiger partial charge < -0.3 is 18.9 Å². The summed E-state index contributed by atoms with van der Waals surface area (Å²) in [5.41, 5.74) is 1.62. The average Bonchev–Trinajstić information content (AvgIpc) is 3.38. The minimum Gasteiger partial charge on any atom is -0.444 e. The molecule has 0 N–H and O–H groups in total. The molecule has 1 amide bonds. The molecular formula is C21H31N3O3. The maximum atomic E-state index is 12.7. The molecule has 6 heteroatoms. The number of carbonyl (C=O) groups is 1. The summed E-state index contributed by atoms with van der Waals surface area (Å²) < 4.78 is 13.0. The molecule has 0 atom stereocenters. The summed E-state index contributed by atoms with van der Waals surface area (Å²) in [7, 11) is 1.73. The van der Waals surface area contributed by atoms with Crippen molar-refractivity contribution in [1.29, 1.82) is 0 Å². The van der Waals surface area contributed by atoms with E-state index in [0.717, 1.165) is 55.4 Å². The highest BCUT2D eigenvalue weighted by Gasteiger charge is 2.35. The number of amides is 1. The molecule has 1 fully saturated rings. The molecule has 0 aromatic carbocycles. The molecule has 1 aliphatic carbocycles. The van der Waals surface area contributed by atoms with Gasteiger partial charge in [0, 0.05) is 44.1 Å². The zero-order valence-corrected chi connectivity index (χ0v) is 16.9. The van der Waals surface area contributed by atoms with Crippen molar-refractivity contribution in [1.82, 2.24) is 14.5 Å². The van der Waals surface area contributed by atoms with Crippen LogP contribution in [0.4, 0.5) is 4.79 Å². The van der Waals surface area contributed by atoms with Gasteiger partial charge in [-0.05, 0) is 64.2 Å². The van der Waals surface area contributed by atoms with Crippen LogP contribution in [0.25, 0.3) is 11.0 Å². The van der Waals surface area contributed by atoms with Crippen LogP contribution in [0.3, 0.4) is 0 Å². The molecule has 0 radical (unpaired) electrons. The highest BCUT2D eigenvalue weighted by atomic mass is 16.6. The van der Waals surface area contributed by atoms with E-state index in [4.69, 9.17) is 9.47 Å². The molecule has 2 aromatic rings. The van der Waals surface area contributed by atoms with Crippen LogP contribution in [0.2, 0.25) is 0 Å². The molecule has 1 aliphatic rings. The monoisotopic (exact) mass is 373 g/mol. The summed E-state index contributed by atoms with van der Waals surface area (Å²) in [6, 6.07) is 4.33. The number of fused-ring (bicyclic) bond motifs is 1. The number of methoxy groups -OCH3 is 1. The Bertz CT molecular complexity index is 775. The first kappa shape index (κ1) is 19.7. The van der Waals surface area contributed by atoms with Gasteiger partial charge in [0.05, 0.1) is 6.54 Å². The van der Waals surface area contributed by atoms with Gasteiger partial charge in [0.25, 0.3) is 0 Å². The van der Waals surface area contributed by atoms with Crippen LogP contribution in [0.15, 0.2) is 24.5 Å². The molecule has 0 bridgehead atoms. The molecule has 0 spiro atoms. The van der Waals surface area contributed by atoms with E-state index in [-0.39, 0.29) is 12.1 Å². The van der Waals surface area contributed by atoms with Crippen molar-refractivity contribution < 1.29 is 14.3 Å².